The summed E-state index contributed by atoms with van der Waals surface area (Å²) in [5.41, 5.74) is 4.45. The molecule has 0 aliphatic heterocycles. The summed E-state index contributed by atoms with van der Waals surface area (Å²) >= 11 is 5.88. The third kappa shape index (κ3) is 2.43. The summed E-state index contributed by atoms with van der Waals surface area (Å²) in [4.78, 5) is 24.6. The SMILES string of the molecule is Nc1cn(Cc2cc(F)ccc2Cl)c(=O)[nH]c1=O. The quantitative estimate of drug-likeness (QED) is 0.852. The summed E-state index contributed by atoms with van der Waals surface area (Å²) < 4.78 is 14.2. The maximum atomic E-state index is 13.1. The number of hydrogen-bond donors (Lipinski definition) is 2. The van der Waals surface area contributed by atoms with Gasteiger partial charge < -0.3 is 5.73 Å². The Labute approximate surface area is 106 Å². The average Bonchev–Trinajstić information content (AvgIpc) is 2.30. The van der Waals surface area contributed by atoms with Crippen LogP contribution in [0.5, 0.6) is 0 Å². The Morgan fingerprint density at radius 2 is 2.11 bits per heavy atom. The molecule has 2 aromatic rings. The molecule has 0 radical (unpaired) electrons. The predicted octanol–water partition coefficient (Wildman–Crippen LogP) is 0.960. The van der Waals surface area contributed by atoms with Gasteiger partial charge in [-0.3, -0.25) is 14.3 Å². The summed E-state index contributed by atoms with van der Waals surface area (Å²) in [6.07, 6.45) is 1.20. The largest absolute Gasteiger partial charge is 0.393 e. The van der Waals surface area contributed by atoms with Gasteiger partial charge in [0.1, 0.15) is 11.5 Å². The van der Waals surface area contributed by atoms with Crippen molar-refractivity contribution < 1.29 is 4.39 Å². The predicted molar refractivity (Wildman–Crippen MR) is 66.2 cm³/mol. The van der Waals surface area contributed by atoms with Crippen LogP contribution in [0.4, 0.5) is 10.1 Å². The molecule has 2 rings (SSSR count). The van der Waals surface area contributed by atoms with Gasteiger partial charge in [-0.1, -0.05) is 11.6 Å². The fraction of sp³-hybridized carbons (Fsp3) is 0.0909. The van der Waals surface area contributed by atoms with E-state index in [1.54, 1.807) is 0 Å². The average molecular weight is 270 g/mol. The van der Waals surface area contributed by atoms with E-state index >= 15 is 0 Å². The van der Waals surface area contributed by atoms with Crippen LogP contribution in [-0.2, 0) is 6.54 Å². The number of anilines is 1. The van der Waals surface area contributed by atoms with E-state index in [0.29, 0.717) is 10.6 Å². The number of nitrogen functional groups attached to an aromatic ring is 1. The second-order valence-electron chi connectivity index (χ2n) is 3.71. The van der Waals surface area contributed by atoms with Crippen molar-refractivity contribution in [3.05, 3.63) is 61.6 Å². The lowest BCUT2D eigenvalue weighted by molar-refractivity contribution is 0.622. The van der Waals surface area contributed by atoms with E-state index in [4.69, 9.17) is 17.3 Å². The molecule has 0 unspecified atom stereocenters. The zero-order chi connectivity index (χ0) is 13.3. The molecule has 0 aliphatic rings. The smallest absolute Gasteiger partial charge is 0.328 e. The normalized spacial score (nSPS) is 10.6. The Kier molecular flexibility index (Phi) is 3.20. The van der Waals surface area contributed by atoms with Crippen LogP contribution >= 0.6 is 11.6 Å². The Balaban J connectivity index is 2.46. The minimum absolute atomic E-state index is 0.0242. The molecule has 94 valence electrons. The summed E-state index contributed by atoms with van der Waals surface area (Å²) in [6.45, 7) is 0.0242. The lowest BCUT2D eigenvalue weighted by atomic mass is 10.2. The molecule has 0 fully saturated rings. The van der Waals surface area contributed by atoms with E-state index in [-0.39, 0.29) is 12.2 Å². The van der Waals surface area contributed by atoms with E-state index in [2.05, 4.69) is 4.98 Å². The van der Waals surface area contributed by atoms with Crippen LogP contribution in [0.3, 0.4) is 0 Å². The van der Waals surface area contributed by atoms with Crippen molar-refractivity contribution in [1.29, 1.82) is 0 Å². The maximum absolute atomic E-state index is 13.1. The minimum atomic E-state index is -0.651. The van der Waals surface area contributed by atoms with Gasteiger partial charge in [0.25, 0.3) is 5.56 Å². The molecule has 0 bridgehead atoms. The first kappa shape index (κ1) is 12.4. The zero-order valence-corrected chi connectivity index (χ0v) is 9.87. The highest BCUT2D eigenvalue weighted by atomic mass is 35.5. The van der Waals surface area contributed by atoms with Gasteiger partial charge in [0.2, 0.25) is 0 Å². The number of benzene rings is 1. The molecule has 0 spiro atoms. The Bertz CT molecular complexity index is 708. The maximum Gasteiger partial charge on any atom is 0.328 e. The number of halogens is 2. The molecule has 1 aromatic carbocycles. The molecule has 0 aliphatic carbocycles. The zero-order valence-electron chi connectivity index (χ0n) is 9.11. The summed E-state index contributed by atoms with van der Waals surface area (Å²) in [5.74, 6) is -0.458. The van der Waals surface area contributed by atoms with Gasteiger partial charge in [-0.25, -0.2) is 9.18 Å². The highest BCUT2D eigenvalue weighted by Gasteiger charge is 2.06. The van der Waals surface area contributed by atoms with E-state index in [1.807, 2.05) is 0 Å². The topological polar surface area (TPSA) is 80.9 Å². The van der Waals surface area contributed by atoms with Crippen molar-refractivity contribution in [3.63, 3.8) is 0 Å². The number of rotatable bonds is 2. The number of hydrogen-bond acceptors (Lipinski definition) is 3. The molecule has 1 heterocycles. The first-order chi connectivity index (χ1) is 8.47. The number of aromatic nitrogens is 2. The minimum Gasteiger partial charge on any atom is -0.393 e. The van der Waals surface area contributed by atoms with Crippen LogP contribution in [0.25, 0.3) is 0 Å². The van der Waals surface area contributed by atoms with Gasteiger partial charge in [0, 0.05) is 11.2 Å². The van der Waals surface area contributed by atoms with Crippen LogP contribution < -0.4 is 17.0 Å². The second-order valence-corrected chi connectivity index (χ2v) is 4.11. The Morgan fingerprint density at radius 3 is 2.83 bits per heavy atom. The lowest BCUT2D eigenvalue weighted by Crippen LogP contribution is -2.31. The van der Waals surface area contributed by atoms with E-state index in [0.717, 1.165) is 4.57 Å². The molecule has 3 N–H and O–H groups in total. The molecule has 0 atom stereocenters. The van der Waals surface area contributed by atoms with Gasteiger partial charge in [0.05, 0.1) is 6.54 Å². The lowest BCUT2D eigenvalue weighted by Gasteiger charge is -2.07. The van der Waals surface area contributed by atoms with Crippen molar-refractivity contribution in [2.24, 2.45) is 0 Å². The third-order valence-corrected chi connectivity index (χ3v) is 2.76. The summed E-state index contributed by atoms with van der Waals surface area (Å²) in [5, 5.41) is 0.327. The van der Waals surface area contributed by atoms with Crippen molar-refractivity contribution in [1.82, 2.24) is 9.55 Å². The number of nitrogens with one attached hydrogen (secondary N) is 1. The van der Waals surface area contributed by atoms with Gasteiger partial charge in [0.15, 0.2) is 0 Å². The first-order valence-electron chi connectivity index (χ1n) is 5.00. The fourth-order valence-corrected chi connectivity index (χ4v) is 1.67. The second kappa shape index (κ2) is 4.66. The third-order valence-electron chi connectivity index (χ3n) is 2.39. The van der Waals surface area contributed by atoms with Crippen molar-refractivity contribution in [3.8, 4) is 0 Å². The van der Waals surface area contributed by atoms with E-state index in [9.17, 15) is 14.0 Å². The highest BCUT2D eigenvalue weighted by Crippen LogP contribution is 2.17. The summed E-state index contributed by atoms with van der Waals surface area (Å²) in [7, 11) is 0. The molecule has 1 aromatic heterocycles. The molecular formula is C11H9ClFN3O2. The van der Waals surface area contributed by atoms with Crippen LogP contribution in [0, 0.1) is 5.82 Å². The molecule has 18 heavy (non-hydrogen) atoms. The Morgan fingerprint density at radius 1 is 1.39 bits per heavy atom. The standard InChI is InChI=1S/C11H9ClFN3O2/c12-8-2-1-7(13)3-6(8)4-16-5-9(14)10(17)15-11(16)18/h1-3,5H,4,14H2,(H,15,17,18). The van der Waals surface area contributed by atoms with Crippen molar-refractivity contribution in [2.75, 3.05) is 5.73 Å². The van der Waals surface area contributed by atoms with Crippen LogP contribution in [0.15, 0.2) is 34.0 Å². The van der Waals surface area contributed by atoms with Gasteiger partial charge in [-0.2, -0.15) is 0 Å². The highest BCUT2D eigenvalue weighted by molar-refractivity contribution is 6.31. The van der Waals surface area contributed by atoms with Crippen molar-refractivity contribution >= 4 is 17.3 Å². The number of H-pyrrole nitrogens is 1. The molecule has 0 saturated heterocycles. The van der Waals surface area contributed by atoms with Gasteiger partial charge in [-0.05, 0) is 23.8 Å². The number of nitrogens with zero attached hydrogens (tertiary/aromatic N) is 1. The Hall–Kier alpha value is -2.08. The molecule has 0 saturated carbocycles. The monoisotopic (exact) mass is 269 g/mol. The van der Waals surface area contributed by atoms with Crippen LogP contribution in [-0.4, -0.2) is 9.55 Å². The van der Waals surface area contributed by atoms with E-state index in [1.165, 1.54) is 24.4 Å². The first-order valence-corrected chi connectivity index (χ1v) is 5.38. The number of nitrogens with two attached hydrogens (primary N) is 1. The van der Waals surface area contributed by atoms with E-state index < -0.39 is 17.1 Å². The van der Waals surface area contributed by atoms with Crippen molar-refractivity contribution in [2.45, 2.75) is 6.54 Å². The van der Waals surface area contributed by atoms with Gasteiger partial charge >= 0.3 is 5.69 Å². The fourth-order valence-electron chi connectivity index (χ4n) is 1.49. The number of aromatic amines is 1. The molecular weight excluding hydrogens is 261 g/mol. The van der Waals surface area contributed by atoms with Gasteiger partial charge in [-0.15, -0.1) is 0 Å². The van der Waals surface area contributed by atoms with Crippen LogP contribution in [0.1, 0.15) is 5.56 Å². The molecule has 0 amide bonds. The molecule has 5 nitrogen and oxygen atoms in total. The summed E-state index contributed by atoms with van der Waals surface area (Å²) in [6, 6.07) is 3.83. The van der Waals surface area contributed by atoms with Crippen LogP contribution in [0.2, 0.25) is 5.02 Å². The molecule has 7 heteroatoms.